The van der Waals surface area contributed by atoms with E-state index in [1.54, 1.807) is 0 Å². The zero-order chi connectivity index (χ0) is 19.9. The average Bonchev–Trinajstić information content (AvgIpc) is 2.68. The van der Waals surface area contributed by atoms with Crippen LogP contribution < -0.4 is 5.73 Å². The predicted octanol–water partition coefficient (Wildman–Crippen LogP) is -2.09. The lowest BCUT2D eigenvalue weighted by molar-refractivity contribution is -0.179. The van der Waals surface area contributed by atoms with Crippen molar-refractivity contribution in [3.63, 3.8) is 0 Å². The maximum atomic E-state index is 12.8. The standard InChI is InChI=1S/C14H20N2O9S/c1-7(17)24-6-25-13(20)10-14(2,3)26(21,22)12-8(11(19)16(10)12)5-23-9(18)4-15/h8,10,12H,4-6,15H2,1-3H3/t8-,10-,12+/m0/s1. The van der Waals surface area contributed by atoms with Gasteiger partial charge >= 0.3 is 17.9 Å². The third-order valence-electron chi connectivity index (χ3n) is 4.46. The fourth-order valence-electron chi connectivity index (χ4n) is 3.03. The molecule has 2 saturated heterocycles. The number of ether oxygens (including phenoxy) is 3. The molecule has 0 aromatic carbocycles. The van der Waals surface area contributed by atoms with Crippen molar-refractivity contribution in [1.29, 1.82) is 0 Å². The molecule has 0 aromatic heterocycles. The van der Waals surface area contributed by atoms with Gasteiger partial charge in [0.25, 0.3) is 0 Å². The first kappa shape index (κ1) is 20.1. The normalized spacial score (nSPS) is 27.9. The molecule has 0 aliphatic carbocycles. The van der Waals surface area contributed by atoms with E-state index in [-0.39, 0.29) is 0 Å². The molecule has 0 spiro atoms. The summed E-state index contributed by atoms with van der Waals surface area (Å²) in [5.74, 6) is -4.23. The average molecular weight is 392 g/mol. The van der Waals surface area contributed by atoms with Gasteiger partial charge in [-0.25, -0.2) is 13.2 Å². The number of hydrogen-bond donors (Lipinski definition) is 1. The van der Waals surface area contributed by atoms with Crippen molar-refractivity contribution in [3.05, 3.63) is 0 Å². The number of fused-ring (bicyclic) bond motifs is 1. The van der Waals surface area contributed by atoms with E-state index < -0.39 is 75.7 Å². The molecule has 2 aliphatic heterocycles. The summed E-state index contributed by atoms with van der Waals surface area (Å²) < 4.78 is 38.0. The van der Waals surface area contributed by atoms with Crippen molar-refractivity contribution >= 4 is 33.7 Å². The summed E-state index contributed by atoms with van der Waals surface area (Å²) in [5.41, 5.74) is 5.10. The van der Waals surface area contributed by atoms with E-state index in [1.165, 1.54) is 13.8 Å². The Balaban J connectivity index is 2.20. The second kappa shape index (κ2) is 6.83. The van der Waals surface area contributed by atoms with Crippen molar-refractivity contribution in [1.82, 2.24) is 4.90 Å². The molecule has 2 aliphatic rings. The molecule has 2 fully saturated rings. The predicted molar refractivity (Wildman–Crippen MR) is 83.6 cm³/mol. The molecule has 0 unspecified atom stereocenters. The maximum Gasteiger partial charge on any atom is 0.333 e. The van der Waals surface area contributed by atoms with Gasteiger partial charge in [-0.3, -0.25) is 14.4 Å². The van der Waals surface area contributed by atoms with Crippen LogP contribution in [-0.2, 0) is 43.2 Å². The lowest BCUT2D eigenvalue weighted by Gasteiger charge is -2.42. The van der Waals surface area contributed by atoms with Gasteiger partial charge in [0.05, 0.1) is 11.3 Å². The summed E-state index contributed by atoms with van der Waals surface area (Å²) in [4.78, 5) is 47.5. The highest BCUT2D eigenvalue weighted by molar-refractivity contribution is 7.93. The fourth-order valence-corrected chi connectivity index (χ4v) is 5.33. The highest BCUT2D eigenvalue weighted by Crippen LogP contribution is 2.48. The zero-order valence-corrected chi connectivity index (χ0v) is 15.3. The van der Waals surface area contributed by atoms with Crippen LogP contribution in [0.4, 0.5) is 0 Å². The van der Waals surface area contributed by atoms with Gasteiger partial charge in [0, 0.05) is 6.92 Å². The van der Waals surface area contributed by atoms with Crippen LogP contribution in [0.2, 0.25) is 0 Å². The molecule has 3 atom stereocenters. The van der Waals surface area contributed by atoms with Crippen LogP contribution in [0.25, 0.3) is 0 Å². The Morgan fingerprint density at radius 1 is 1.19 bits per heavy atom. The Hall–Kier alpha value is -2.21. The number of rotatable bonds is 6. The van der Waals surface area contributed by atoms with Gasteiger partial charge in [-0.05, 0) is 13.8 Å². The summed E-state index contributed by atoms with van der Waals surface area (Å²) in [5, 5.41) is -1.30. The number of amides is 1. The number of esters is 3. The van der Waals surface area contributed by atoms with Crippen molar-refractivity contribution in [3.8, 4) is 0 Å². The van der Waals surface area contributed by atoms with E-state index in [1.807, 2.05) is 0 Å². The number of carbonyl (C=O) groups is 4. The van der Waals surface area contributed by atoms with Gasteiger partial charge in [-0.15, -0.1) is 0 Å². The second-order valence-electron chi connectivity index (χ2n) is 6.40. The first-order valence-corrected chi connectivity index (χ1v) is 9.22. The van der Waals surface area contributed by atoms with Crippen LogP contribution in [0.5, 0.6) is 0 Å². The van der Waals surface area contributed by atoms with E-state index in [0.29, 0.717) is 0 Å². The Kier molecular flexibility index (Phi) is 5.29. The molecule has 26 heavy (non-hydrogen) atoms. The molecule has 2 rings (SSSR count). The van der Waals surface area contributed by atoms with Crippen LogP contribution in [0.3, 0.4) is 0 Å². The van der Waals surface area contributed by atoms with Gasteiger partial charge < -0.3 is 24.8 Å². The van der Waals surface area contributed by atoms with Crippen LogP contribution in [0.1, 0.15) is 20.8 Å². The molecule has 0 aromatic rings. The van der Waals surface area contributed by atoms with Crippen molar-refractivity contribution < 1.29 is 41.8 Å². The first-order valence-electron chi connectivity index (χ1n) is 7.68. The summed E-state index contributed by atoms with van der Waals surface area (Å²) in [6.45, 7) is 2.17. The summed E-state index contributed by atoms with van der Waals surface area (Å²) >= 11 is 0. The summed E-state index contributed by atoms with van der Waals surface area (Å²) in [6.07, 6.45) is 0. The summed E-state index contributed by atoms with van der Waals surface area (Å²) in [6, 6.07) is -1.40. The third kappa shape index (κ3) is 3.03. The molecule has 12 heteroatoms. The van der Waals surface area contributed by atoms with E-state index in [0.717, 1.165) is 11.8 Å². The number of hydrogen-bond acceptors (Lipinski definition) is 10. The van der Waals surface area contributed by atoms with Gasteiger partial charge in [0.1, 0.15) is 18.6 Å². The monoisotopic (exact) mass is 392 g/mol. The van der Waals surface area contributed by atoms with Crippen molar-refractivity contribution in [2.75, 3.05) is 19.9 Å². The van der Waals surface area contributed by atoms with Crippen molar-refractivity contribution in [2.24, 2.45) is 11.7 Å². The maximum absolute atomic E-state index is 12.8. The van der Waals surface area contributed by atoms with Crippen LogP contribution in [-0.4, -0.2) is 73.2 Å². The molecule has 146 valence electrons. The molecule has 0 saturated carbocycles. The number of nitrogens with zero attached hydrogens (tertiary/aromatic N) is 1. The minimum atomic E-state index is -3.96. The fraction of sp³-hybridized carbons (Fsp3) is 0.714. The minimum absolute atomic E-state index is 0.404. The molecular weight excluding hydrogens is 372 g/mol. The Morgan fingerprint density at radius 3 is 2.35 bits per heavy atom. The Bertz CT molecular complexity index is 746. The van der Waals surface area contributed by atoms with Gasteiger partial charge in [0.15, 0.2) is 15.2 Å². The quantitative estimate of drug-likeness (QED) is 0.302. The van der Waals surface area contributed by atoms with Gasteiger partial charge in [-0.2, -0.15) is 0 Å². The Morgan fingerprint density at radius 2 is 1.81 bits per heavy atom. The van der Waals surface area contributed by atoms with Crippen LogP contribution >= 0.6 is 0 Å². The van der Waals surface area contributed by atoms with Gasteiger partial charge in [0.2, 0.25) is 12.7 Å². The highest BCUT2D eigenvalue weighted by atomic mass is 32.2. The van der Waals surface area contributed by atoms with Crippen LogP contribution in [0.15, 0.2) is 0 Å². The molecule has 1 amide bonds. The lowest BCUT2D eigenvalue weighted by Crippen LogP contribution is -2.65. The molecule has 0 radical (unpaired) electrons. The smallest absolute Gasteiger partial charge is 0.333 e. The second-order valence-corrected chi connectivity index (χ2v) is 9.02. The number of carbonyl (C=O) groups excluding carboxylic acids is 4. The molecule has 2 heterocycles. The van der Waals surface area contributed by atoms with E-state index in [4.69, 9.17) is 15.2 Å². The number of β-lactam (4-membered cyclic amide) rings is 1. The first-order chi connectivity index (χ1) is 12.0. The third-order valence-corrected chi connectivity index (χ3v) is 7.34. The Labute approximate surface area is 149 Å². The van der Waals surface area contributed by atoms with Crippen LogP contribution in [0, 0.1) is 5.92 Å². The lowest BCUT2D eigenvalue weighted by atomic mass is 9.92. The van der Waals surface area contributed by atoms with E-state index in [2.05, 4.69) is 4.74 Å². The van der Waals surface area contributed by atoms with E-state index >= 15 is 0 Å². The molecule has 11 nitrogen and oxygen atoms in total. The number of nitrogens with two attached hydrogens (primary N) is 1. The molecule has 2 N–H and O–H groups in total. The zero-order valence-electron chi connectivity index (χ0n) is 14.5. The largest absolute Gasteiger partial charge is 0.464 e. The SMILES string of the molecule is CC(=O)OCOC(=O)[C@@H]1N2C(=O)[C@H](COC(=O)CN)[C@H]2S(=O)(=O)C1(C)C. The minimum Gasteiger partial charge on any atom is -0.464 e. The molecular formula is C14H20N2O9S. The van der Waals surface area contributed by atoms with Gasteiger partial charge in [-0.1, -0.05) is 0 Å². The highest BCUT2D eigenvalue weighted by Gasteiger charge is 2.72. The summed E-state index contributed by atoms with van der Waals surface area (Å²) in [7, 11) is -3.96. The topological polar surface area (TPSA) is 159 Å². The van der Waals surface area contributed by atoms with Crippen molar-refractivity contribution in [2.45, 2.75) is 36.9 Å². The number of sulfone groups is 1. The molecule has 0 bridgehead atoms. The van der Waals surface area contributed by atoms with E-state index in [9.17, 15) is 27.6 Å².